The molecule has 2 aromatic rings. The lowest BCUT2D eigenvalue weighted by molar-refractivity contribution is 0.0980. The number of aliphatic hydroxyl groups is 1. The lowest BCUT2D eigenvalue weighted by Gasteiger charge is -2.19. The molecule has 6 nitrogen and oxygen atoms in total. The monoisotopic (exact) mass is 275 g/mol. The van der Waals surface area contributed by atoms with Crippen molar-refractivity contribution in [1.29, 1.82) is 0 Å². The van der Waals surface area contributed by atoms with E-state index < -0.39 is 0 Å². The Kier molecular flexibility index (Phi) is 3.82. The summed E-state index contributed by atoms with van der Waals surface area (Å²) in [5, 5.41) is 23.0. The number of rotatable bonds is 3. The van der Waals surface area contributed by atoms with Crippen molar-refractivity contribution in [3.05, 3.63) is 18.5 Å². The first kappa shape index (κ1) is 13.3. The van der Waals surface area contributed by atoms with Gasteiger partial charge in [-0.25, -0.2) is 4.68 Å². The van der Waals surface area contributed by atoms with E-state index in [2.05, 4.69) is 22.3 Å². The summed E-state index contributed by atoms with van der Waals surface area (Å²) in [5.74, 6) is 0. The van der Waals surface area contributed by atoms with E-state index in [-0.39, 0.29) is 12.1 Å². The van der Waals surface area contributed by atoms with Gasteiger partial charge in [0.05, 0.1) is 24.0 Å². The highest BCUT2D eigenvalue weighted by Crippen LogP contribution is 2.28. The van der Waals surface area contributed by atoms with Crippen molar-refractivity contribution in [2.45, 2.75) is 57.7 Å². The summed E-state index contributed by atoms with van der Waals surface area (Å²) in [6.45, 7) is 2.86. The van der Waals surface area contributed by atoms with Crippen LogP contribution >= 0.6 is 0 Å². The van der Waals surface area contributed by atoms with Crippen molar-refractivity contribution in [2.75, 3.05) is 0 Å². The van der Waals surface area contributed by atoms with Gasteiger partial charge in [0, 0.05) is 12.7 Å². The van der Waals surface area contributed by atoms with Crippen LogP contribution in [0.15, 0.2) is 18.5 Å². The number of aromatic nitrogens is 5. The fourth-order valence-electron chi connectivity index (χ4n) is 2.94. The van der Waals surface area contributed by atoms with Gasteiger partial charge in [-0.1, -0.05) is 24.5 Å². The quantitative estimate of drug-likeness (QED) is 0.870. The lowest BCUT2D eigenvalue weighted by Crippen LogP contribution is -2.23. The van der Waals surface area contributed by atoms with Crippen LogP contribution in [0.5, 0.6) is 0 Å². The van der Waals surface area contributed by atoms with E-state index in [9.17, 15) is 5.11 Å². The van der Waals surface area contributed by atoms with Crippen molar-refractivity contribution in [2.24, 2.45) is 0 Å². The third-order valence-corrected chi connectivity index (χ3v) is 4.07. The topological polar surface area (TPSA) is 68.8 Å². The molecule has 0 amide bonds. The Bertz CT molecular complexity index is 561. The molecule has 0 saturated heterocycles. The third-order valence-electron chi connectivity index (χ3n) is 4.07. The Morgan fingerprint density at radius 1 is 1.30 bits per heavy atom. The average Bonchev–Trinajstić information content (AvgIpc) is 3.06. The van der Waals surface area contributed by atoms with Gasteiger partial charge in [-0.2, -0.15) is 5.10 Å². The smallest absolute Gasteiger partial charge is 0.131 e. The van der Waals surface area contributed by atoms with Gasteiger partial charge in [0.25, 0.3) is 0 Å². The Morgan fingerprint density at radius 2 is 2.15 bits per heavy atom. The molecule has 1 saturated carbocycles. The molecule has 0 radical (unpaired) electrons. The molecule has 0 spiro atoms. The first-order valence-corrected chi connectivity index (χ1v) is 7.41. The number of aliphatic hydroxyl groups excluding tert-OH is 1. The molecule has 1 aliphatic rings. The zero-order valence-corrected chi connectivity index (χ0v) is 11.8. The second-order valence-corrected chi connectivity index (χ2v) is 5.39. The predicted octanol–water partition coefficient (Wildman–Crippen LogP) is 2.03. The predicted molar refractivity (Wildman–Crippen MR) is 75.0 cm³/mol. The Morgan fingerprint density at radius 3 is 3.00 bits per heavy atom. The number of hydrogen-bond acceptors (Lipinski definition) is 4. The molecular weight excluding hydrogens is 254 g/mol. The maximum Gasteiger partial charge on any atom is 0.131 e. The van der Waals surface area contributed by atoms with E-state index in [0.29, 0.717) is 0 Å². The highest BCUT2D eigenvalue weighted by atomic mass is 16.3. The van der Waals surface area contributed by atoms with Gasteiger partial charge in [-0.15, -0.1) is 5.10 Å². The fourth-order valence-corrected chi connectivity index (χ4v) is 2.94. The molecule has 0 aromatic carbocycles. The van der Waals surface area contributed by atoms with Crippen LogP contribution in [-0.2, 0) is 6.54 Å². The van der Waals surface area contributed by atoms with Crippen LogP contribution in [0.1, 0.15) is 45.1 Å². The van der Waals surface area contributed by atoms with Gasteiger partial charge in [0.1, 0.15) is 5.69 Å². The second kappa shape index (κ2) is 5.75. The van der Waals surface area contributed by atoms with Gasteiger partial charge in [-0.3, -0.25) is 4.68 Å². The molecule has 108 valence electrons. The third kappa shape index (κ3) is 2.47. The van der Waals surface area contributed by atoms with Gasteiger partial charge >= 0.3 is 0 Å². The first-order chi connectivity index (χ1) is 9.79. The van der Waals surface area contributed by atoms with Crippen LogP contribution < -0.4 is 0 Å². The molecule has 0 bridgehead atoms. The highest BCUT2D eigenvalue weighted by molar-refractivity contribution is 5.52. The number of aryl methyl sites for hydroxylation is 1. The van der Waals surface area contributed by atoms with E-state index in [4.69, 9.17) is 0 Å². The zero-order chi connectivity index (χ0) is 13.9. The summed E-state index contributed by atoms with van der Waals surface area (Å²) >= 11 is 0. The van der Waals surface area contributed by atoms with Crippen LogP contribution in [0.3, 0.4) is 0 Å². The minimum atomic E-state index is -0.317. The lowest BCUT2D eigenvalue weighted by atomic mass is 10.1. The highest BCUT2D eigenvalue weighted by Gasteiger charge is 2.24. The van der Waals surface area contributed by atoms with Gasteiger partial charge < -0.3 is 5.11 Å². The van der Waals surface area contributed by atoms with Crippen molar-refractivity contribution in [1.82, 2.24) is 24.8 Å². The van der Waals surface area contributed by atoms with E-state index in [1.54, 1.807) is 6.20 Å². The number of hydrogen-bond donors (Lipinski definition) is 1. The molecule has 2 heterocycles. The van der Waals surface area contributed by atoms with Crippen LogP contribution in [0.2, 0.25) is 0 Å². The largest absolute Gasteiger partial charge is 0.391 e. The van der Waals surface area contributed by atoms with Gasteiger partial charge in [-0.05, 0) is 25.8 Å². The fraction of sp³-hybridized carbons (Fsp3) is 0.643. The molecule has 0 unspecified atom stereocenters. The van der Waals surface area contributed by atoms with Gasteiger partial charge in [0.15, 0.2) is 0 Å². The first-order valence-electron chi connectivity index (χ1n) is 7.41. The molecule has 0 aliphatic heterocycles. The molecule has 20 heavy (non-hydrogen) atoms. The maximum absolute atomic E-state index is 10.2. The Labute approximate surface area is 118 Å². The zero-order valence-electron chi connectivity index (χ0n) is 11.8. The molecule has 1 N–H and O–H groups in total. The van der Waals surface area contributed by atoms with Crippen molar-refractivity contribution < 1.29 is 5.11 Å². The molecule has 2 aromatic heterocycles. The summed E-state index contributed by atoms with van der Waals surface area (Å²) in [6, 6.07) is 2.00. The maximum atomic E-state index is 10.2. The van der Waals surface area contributed by atoms with Crippen molar-refractivity contribution in [3.63, 3.8) is 0 Å². The van der Waals surface area contributed by atoms with Crippen molar-refractivity contribution >= 4 is 0 Å². The average molecular weight is 275 g/mol. The summed E-state index contributed by atoms with van der Waals surface area (Å²) in [4.78, 5) is 0. The minimum Gasteiger partial charge on any atom is -0.391 e. The van der Waals surface area contributed by atoms with Crippen LogP contribution in [0.4, 0.5) is 0 Å². The van der Waals surface area contributed by atoms with Crippen LogP contribution in [0, 0.1) is 0 Å². The standard InChI is InChI=1S/C14H21N5O/c1-2-18-12(8-9-15-18)11-10-19(17-16-11)13-6-4-3-5-7-14(13)20/h8-10,13-14,20H,2-7H2,1H3/t13-,14-/m1/s1. The van der Waals surface area contributed by atoms with Crippen molar-refractivity contribution in [3.8, 4) is 11.4 Å². The molecule has 6 heteroatoms. The second-order valence-electron chi connectivity index (χ2n) is 5.39. The SMILES string of the molecule is CCn1nccc1-c1cn([C@@H]2CCCCC[C@H]2O)nn1. The normalized spacial score (nSPS) is 23.7. The Balaban J connectivity index is 1.86. The molecule has 1 aliphatic carbocycles. The van der Waals surface area contributed by atoms with Crippen LogP contribution in [-0.4, -0.2) is 36.0 Å². The minimum absolute atomic E-state index is 0.0525. The van der Waals surface area contributed by atoms with Gasteiger partial charge in [0.2, 0.25) is 0 Å². The Hall–Kier alpha value is -1.69. The molecule has 2 atom stereocenters. The summed E-state index contributed by atoms with van der Waals surface area (Å²) in [7, 11) is 0. The molecular formula is C14H21N5O. The summed E-state index contributed by atoms with van der Waals surface area (Å²) < 4.78 is 3.73. The van der Waals surface area contributed by atoms with E-state index >= 15 is 0 Å². The summed E-state index contributed by atoms with van der Waals surface area (Å²) in [5.41, 5.74) is 1.79. The number of nitrogens with zero attached hydrogens (tertiary/aromatic N) is 5. The van der Waals surface area contributed by atoms with E-state index in [1.807, 2.05) is 21.6 Å². The van der Waals surface area contributed by atoms with E-state index in [1.165, 1.54) is 6.42 Å². The molecule has 3 rings (SSSR count). The summed E-state index contributed by atoms with van der Waals surface area (Å²) in [6.07, 6.45) is 8.65. The molecule has 1 fully saturated rings. The van der Waals surface area contributed by atoms with Crippen LogP contribution in [0.25, 0.3) is 11.4 Å². The van der Waals surface area contributed by atoms with E-state index in [0.717, 1.165) is 43.6 Å².